The van der Waals surface area contributed by atoms with Crippen LogP contribution in [0.5, 0.6) is 5.75 Å². The topological polar surface area (TPSA) is 85.9 Å². The number of nitrogens with zero attached hydrogens (tertiary/aromatic N) is 1. The van der Waals surface area contributed by atoms with E-state index in [-0.39, 0.29) is 17.3 Å². The zero-order chi connectivity index (χ0) is 17.9. The van der Waals surface area contributed by atoms with Crippen LogP contribution in [0.15, 0.2) is 12.1 Å². The van der Waals surface area contributed by atoms with Crippen LogP contribution in [0.3, 0.4) is 0 Å². The van der Waals surface area contributed by atoms with Crippen molar-refractivity contribution < 1.29 is 19.4 Å². The van der Waals surface area contributed by atoms with Crippen LogP contribution in [0, 0.1) is 28.9 Å². The molecule has 7 heteroatoms. The molecule has 0 saturated carbocycles. The third-order valence-electron chi connectivity index (χ3n) is 4.49. The highest BCUT2D eigenvalue weighted by Crippen LogP contribution is 2.32. The van der Waals surface area contributed by atoms with Crippen LogP contribution in [0.1, 0.15) is 25.8 Å². The van der Waals surface area contributed by atoms with Crippen molar-refractivity contribution in [3.63, 3.8) is 0 Å². The number of amides is 1. The largest absolute Gasteiger partial charge is 0.490 e. The van der Waals surface area contributed by atoms with Crippen LogP contribution in [-0.4, -0.2) is 37.6 Å². The van der Waals surface area contributed by atoms with Gasteiger partial charge in [0, 0.05) is 29.7 Å². The number of piperidine rings is 1. The van der Waals surface area contributed by atoms with Crippen molar-refractivity contribution in [3.8, 4) is 5.75 Å². The number of aryl methyl sites for hydroxylation is 1. The summed E-state index contributed by atoms with van der Waals surface area (Å²) in [6.07, 6.45) is 1.21. The van der Waals surface area contributed by atoms with Gasteiger partial charge in [0.05, 0.1) is 25.1 Å². The minimum absolute atomic E-state index is 0.0784. The summed E-state index contributed by atoms with van der Waals surface area (Å²) < 4.78 is 5.06. The monoisotopic (exact) mass is 336 g/mol. The minimum atomic E-state index is -0.488. The number of nitro groups is 1. The van der Waals surface area contributed by atoms with Gasteiger partial charge >= 0.3 is 5.69 Å². The third kappa shape index (κ3) is 4.44. The highest BCUT2D eigenvalue weighted by molar-refractivity contribution is 5.92. The van der Waals surface area contributed by atoms with E-state index in [0.29, 0.717) is 29.6 Å². The number of likely N-dealkylation sites (tertiary alicyclic amines) is 1. The molecular formula is C17H26N3O4+. The highest BCUT2D eigenvalue weighted by atomic mass is 16.6. The normalized spacial score (nSPS) is 23.6. The van der Waals surface area contributed by atoms with Crippen molar-refractivity contribution in [2.75, 3.05) is 32.1 Å². The number of benzene rings is 1. The van der Waals surface area contributed by atoms with Crippen LogP contribution < -0.4 is 15.0 Å². The lowest BCUT2D eigenvalue weighted by Crippen LogP contribution is -3.15. The van der Waals surface area contributed by atoms with Crippen molar-refractivity contribution in [3.05, 3.63) is 27.8 Å². The van der Waals surface area contributed by atoms with E-state index >= 15 is 0 Å². The predicted octanol–water partition coefficient (Wildman–Crippen LogP) is 1.41. The van der Waals surface area contributed by atoms with E-state index in [4.69, 9.17) is 4.74 Å². The lowest BCUT2D eigenvalue weighted by atomic mass is 9.92. The van der Waals surface area contributed by atoms with Crippen molar-refractivity contribution >= 4 is 17.3 Å². The van der Waals surface area contributed by atoms with Gasteiger partial charge in [-0.05, 0) is 18.9 Å². The zero-order valence-electron chi connectivity index (χ0n) is 14.7. The SMILES string of the molecule is COc1cc(NC(=O)C[NH+]2C[C@H](C)C[C@@H](C)C2)c(C)cc1[N+](=O)[O-]. The first kappa shape index (κ1) is 18.2. The summed E-state index contributed by atoms with van der Waals surface area (Å²) in [5.41, 5.74) is 1.10. The maximum absolute atomic E-state index is 12.4. The number of nitro benzene ring substituents is 1. The molecular weight excluding hydrogens is 310 g/mol. The number of quaternary nitrogens is 1. The van der Waals surface area contributed by atoms with Crippen molar-refractivity contribution in [2.45, 2.75) is 27.2 Å². The van der Waals surface area contributed by atoms with E-state index in [9.17, 15) is 14.9 Å². The van der Waals surface area contributed by atoms with E-state index in [0.717, 1.165) is 13.1 Å². The van der Waals surface area contributed by atoms with Gasteiger partial charge in [0.25, 0.3) is 5.91 Å². The molecule has 2 atom stereocenters. The standard InChI is InChI=1S/C17H25N3O4/c1-11-5-12(2)9-19(8-11)10-17(21)18-14-7-16(24-4)15(20(22)23)6-13(14)3/h6-7,11-12H,5,8-10H2,1-4H3,(H,18,21)/p+1/t11-,12-/m1/s1. The summed E-state index contributed by atoms with van der Waals surface area (Å²) in [5, 5.41) is 13.9. The summed E-state index contributed by atoms with van der Waals surface area (Å²) in [4.78, 5) is 24.2. The second-order valence-corrected chi connectivity index (χ2v) is 6.93. The minimum Gasteiger partial charge on any atom is -0.490 e. The summed E-state index contributed by atoms with van der Waals surface area (Å²) >= 11 is 0. The molecule has 1 aromatic carbocycles. The smallest absolute Gasteiger partial charge is 0.311 e. The Kier molecular flexibility index (Phi) is 5.77. The molecule has 0 aromatic heterocycles. The molecule has 2 N–H and O–H groups in total. The van der Waals surface area contributed by atoms with Gasteiger partial charge in [0.1, 0.15) is 0 Å². The molecule has 0 spiro atoms. The van der Waals surface area contributed by atoms with Gasteiger partial charge in [-0.1, -0.05) is 13.8 Å². The molecule has 1 aliphatic rings. The second kappa shape index (κ2) is 7.61. The average molecular weight is 336 g/mol. The fraction of sp³-hybridized carbons (Fsp3) is 0.588. The van der Waals surface area contributed by atoms with Gasteiger partial charge < -0.3 is 15.0 Å². The van der Waals surface area contributed by atoms with Gasteiger partial charge in [0.2, 0.25) is 0 Å². The first-order chi connectivity index (χ1) is 11.3. The molecule has 1 aromatic rings. The number of methoxy groups -OCH3 is 1. The molecule has 1 amide bonds. The Hall–Kier alpha value is -2.15. The Labute approximate surface area is 142 Å². The van der Waals surface area contributed by atoms with Gasteiger partial charge in [-0.25, -0.2) is 0 Å². The molecule has 132 valence electrons. The average Bonchev–Trinajstić information content (AvgIpc) is 2.47. The molecule has 1 fully saturated rings. The lowest BCUT2D eigenvalue weighted by Gasteiger charge is -2.31. The quantitative estimate of drug-likeness (QED) is 0.629. The molecule has 0 radical (unpaired) electrons. The van der Waals surface area contributed by atoms with Gasteiger partial charge in [-0.2, -0.15) is 0 Å². The van der Waals surface area contributed by atoms with E-state index in [2.05, 4.69) is 19.2 Å². The van der Waals surface area contributed by atoms with Crippen LogP contribution in [0.4, 0.5) is 11.4 Å². The first-order valence-electron chi connectivity index (χ1n) is 8.26. The number of hydrogen-bond donors (Lipinski definition) is 2. The molecule has 0 bridgehead atoms. The first-order valence-corrected chi connectivity index (χ1v) is 8.26. The molecule has 7 nitrogen and oxygen atoms in total. The van der Waals surface area contributed by atoms with Gasteiger partial charge in [0.15, 0.2) is 12.3 Å². The Morgan fingerprint density at radius 1 is 1.38 bits per heavy atom. The van der Waals surface area contributed by atoms with E-state index in [1.54, 1.807) is 6.92 Å². The summed E-state index contributed by atoms with van der Waals surface area (Å²) in [6.45, 7) is 8.59. The van der Waals surface area contributed by atoms with Crippen molar-refractivity contribution in [2.24, 2.45) is 11.8 Å². The molecule has 1 saturated heterocycles. The van der Waals surface area contributed by atoms with Gasteiger partial charge in [-0.3, -0.25) is 14.9 Å². The number of nitrogens with one attached hydrogen (secondary N) is 2. The third-order valence-corrected chi connectivity index (χ3v) is 4.49. The number of carbonyl (C=O) groups is 1. The maximum Gasteiger partial charge on any atom is 0.311 e. The second-order valence-electron chi connectivity index (χ2n) is 6.93. The van der Waals surface area contributed by atoms with E-state index < -0.39 is 4.92 Å². The van der Waals surface area contributed by atoms with Crippen molar-refractivity contribution in [1.82, 2.24) is 0 Å². The summed E-state index contributed by atoms with van der Waals surface area (Å²) in [6, 6.07) is 2.94. The molecule has 0 aliphatic carbocycles. The Morgan fingerprint density at radius 2 is 2.00 bits per heavy atom. The molecule has 1 heterocycles. The Morgan fingerprint density at radius 3 is 2.54 bits per heavy atom. The number of anilines is 1. The summed E-state index contributed by atoms with van der Waals surface area (Å²) in [5.74, 6) is 1.31. The van der Waals surface area contributed by atoms with Crippen LogP contribution in [0.25, 0.3) is 0 Å². The van der Waals surface area contributed by atoms with E-state index in [1.165, 1.54) is 30.6 Å². The van der Waals surface area contributed by atoms with Crippen LogP contribution in [-0.2, 0) is 4.79 Å². The summed E-state index contributed by atoms with van der Waals surface area (Å²) in [7, 11) is 1.38. The lowest BCUT2D eigenvalue weighted by molar-refractivity contribution is -0.904. The Balaban J connectivity index is 2.07. The highest BCUT2D eigenvalue weighted by Gasteiger charge is 2.27. The number of hydrogen-bond acceptors (Lipinski definition) is 4. The molecule has 0 unspecified atom stereocenters. The fourth-order valence-corrected chi connectivity index (χ4v) is 3.60. The van der Waals surface area contributed by atoms with Crippen LogP contribution >= 0.6 is 0 Å². The maximum atomic E-state index is 12.4. The molecule has 1 aliphatic heterocycles. The van der Waals surface area contributed by atoms with Crippen molar-refractivity contribution in [1.29, 1.82) is 0 Å². The molecule has 24 heavy (non-hydrogen) atoms. The number of carbonyl (C=O) groups excluding carboxylic acids is 1. The van der Waals surface area contributed by atoms with Crippen LogP contribution in [0.2, 0.25) is 0 Å². The zero-order valence-corrected chi connectivity index (χ0v) is 14.7. The van der Waals surface area contributed by atoms with E-state index in [1.807, 2.05) is 0 Å². The number of rotatable bonds is 5. The molecule has 2 rings (SSSR count). The fourth-order valence-electron chi connectivity index (χ4n) is 3.60. The number of ether oxygens (including phenoxy) is 1. The predicted molar refractivity (Wildman–Crippen MR) is 91.5 cm³/mol. The Bertz CT molecular complexity index is 623. The van der Waals surface area contributed by atoms with Gasteiger partial charge in [-0.15, -0.1) is 0 Å².